The van der Waals surface area contributed by atoms with E-state index in [1.807, 2.05) is 0 Å². The van der Waals surface area contributed by atoms with Gasteiger partial charge in [0.2, 0.25) is 6.29 Å². The molecule has 19 nitrogen and oxygen atoms in total. The molecule has 11 N–H and O–H groups in total. The molecule has 7 fully saturated rings. The fraction of sp³-hybridized carbons (Fsp3) is 0.917. The SMILES string of the molecule is CC1(C)CC[C@]2(C(=O)O[C@@H]3O[C@H](CO)[C@@H](O)[C@H](O)[C@H]3O)CC[C@]3(C)C(=CCC4[C@@]5(C)CC[C@H](OC6OC(C(=O)O)C(OC7OC(CO)C(O)C(O)C7O)C(O)C6O)C(C)(C)C5CC[C@]43C)C2C1. The smallest absolute Gasteiger partial charge is 0.335 e. The number of allylic oxidation sites excluding steroid dienone is 2. The van der Waals surface area contributed by atoms with E-state index in [2.05, 4.69) is 54.5 Å². The number of rotatable bonds is 9. The molecule has 4 saturated carbocycles. The number of ether oxygens (including phenoxy) is 6. The third-order valence-corrected chi connectivity index (χ3v) is 19.3. The van der Waals surface area contributed by atoms with E-state index in [1.54, 1.807) is 0 Å². The molecular formula is C48H76O19. The van der Waals surface area contributed by atoms with Gasteiger partial charge in [-0.1, -0.05) is 60.1 Å². The van der Waals surface area contributed by atoms with Gasteiger partial charge in [-0.25, -0.2) is 4.79 Å². The second kappa shape index (κ2) is 18.0. The van der Waals surface area contributed by atoms with Crippen LogP contribution in [0.2, 0.25) is 0 Å². The summed E-state index contributed by atoms with van der Waals surface area (Å²) in [5.41, 5.74) is -0.914. The van der Waals surface area contributed by atoms with Crippen LogP contribution in [0, 0.1) is 50.2 Å². The van der Waals surface area contributed by atoms with Crippen LogP contribution >= 0.6 is 0 Å². The molecule has 13 unspecified atom stereocenters. The number of hydrogen-bond acceptors (Lipinski definition) is 18. The number of aliphatic hydroxyl groups is 10. The Morgan fingerprint density at radius 1 is 0.642 bits per heavy atom. The van der Waals surface area contributed by atoms with Gasteiger partial charge in [0.25, 0.3) is 0 Å². The van der Waals surface area contributed by atoms with Gasteiger partial charge in [-0.15, -0.1) is 0 Å². The van der Waals surface area contributed by atoms with Crippen molar-refractivity contribution in [1.29, 1.82) is 0 Å². The van der Waals surface area contributed by atoms with E-state index in [4.69, 9.17) is 28.4 Å². The van der Waals surface area contributed by atoms with Crippen molar-refractivity contribution >= 4 is 11.9 Å². The highest BCUT2D eigenvalue weighted by atomic mass is 16.7. The molecule has 0 amide bonds. The van der Waals surface area contributed by atoms with Crippen LogP contribution < -0.4 is 0 Å². The summed E-state index contributed by atoms with van der Waals surface area (Å²) in [6.45, 7) is 14.4. The van der Waals surface area contributed by atoms with Gasteiger partial charge >= 0.3 is 11.9 Å². The lowest BCUT2D eigenvalue weighted by Gasteiger charge is -2.71. The van der Waals surface area contributed by atoms with E-state index >= 15 is 0 Å². The van der Waals surface area contributed by atoms with Gasteiger partial charge in [0.05, 0.1) is 24.7 Å². The van der Waals surface area contributed by atoms with Crippen molar-refractivity contribution in [2.24, 2.45) is 50.2 Å². The fourth-order valence-corrected chi connectivity index (χ4v) is 15.0. The van der Waals surface area contributed by atoms with Gasteiger partial charge in [0.15, 0.2) is 18.7 Å². The number of aliphatic hydroxyl groups excluding tert-OH is 10. The number of fused-ring (bicyclic) bond motifs is 7. The Kier molecular flexibility index (Phi) is 13.8. The zero-order valence-corrected chi connectivity index (χ0v) is 39.7. The van der Waals surface area contributed by atoms with E-state index in [9.17, 15) is 65.8 Å². The second-order valence-corrected chi connectivity index (χ2v) is 23.5. The van der Waals surface area contributed by atoms with Crippen molar-refractivity contribution in [1.82, 2.24) is 0 Å². The Balaban J connectivity index is 1.01. The van der Waals surface area contributed by atoms with E-state index < -0.39 is 134 Å². The third-order valence-electron chi connectivity index (χ3n) is 19.3. The molecule has 5 aliphatic carbocycles. The van der Waals surface area contributed by atoms with Crippen LogP contribution in [0.5, 0.6) is 0 Å². The number of carbonyl (C=O) groups is 2. The summed E-state index contributed by atoms with van der Waals surface area (Å²) >= 11 is 0. The Morgan fingerprint density at radius 3 is 1.82 bits per heavy atom. The molecule has 8 aliphatic rings. The Labute approximate surface area is 391 Å². The van der Waals surface area contributed by atoms with E-state index in [-0.39, 0.29) is 39.4 Å². The van der Waals surface area contributed by atoms with Crippen LogP contribution in [0.15, 0.2) is 11.6 Å². The normalized spacial score (nSPS) is 52.6. The largest absolute Gasteiger partial charge is 0.479 e. The average molecular weight is 957 g/mol. The molecule has 0 radical (unpaired) electrons. The minimum absolute atomic E-state index is 0.0745. The van der Waals surface area contributed by atoms with Crippen LogP contribution in [0.25, 0.3) is 0 Å². The lowest BCUT2D eigenvalue weighted by molar-refractivity contribution is -0.363. The Hall–Kier alpha value is -1.92. The van der Waals surface area contributed by atoms with Gasteiger partial charge in [0, 0.05) is 0 Å². The summed E-state index contributed by atoms with van der Waals surface area (Å²) in [6.07, 6.45) is -16.3. The Bertz CT molecular complexity index is 1870. The second-order valence-electron chi connectivity index (χ2n) is 23.5. The monoisotopic (exact) mass is 956 g/mol. The first-order valence-electron chi connectivity index (χ1n) is 24.3. The molecule has 0 aromatic rings. The van der Waals surface area contributed by atoms with Crippen LogP contribution in [-0.4, -0.2) is 180 Å². The lowest BCUT2D eigenvalue weighted by Crippen LogP contribution is -2.67. The molecular weight excluding hydrogens is 881 g/mol. The number of carboxylic acid groups (broad SMARTS) is 1. The highest BCUT2D eigenvalue weighted by Gasteiger charge is 2.70. The molecule has 23 atom stereocenters. The molecule has 19 heteroatoms. The molecule has 3 aliphatic heterocycles. The zero-order chi connectivity index (χ0) is 49.1. The quantitative estimate of drug-likeness (QED) is 0.0838. The van der Waals surface area contributed by atoms with Crippen molar-refractivity contribution in [3.05, 3.63) is 11.6 Å². The van der Waals surface area contributed by atoms with E-state index in [1.165, 1.54) is 5.57 Å². The average Bonchev–Trinajstić information content (AvgIpc) is 3.26. The Morgan fingerprint density at radius 2 is 1.21 bits per heavy atom. The van der Waals surface area contributed by atoms with Crippen LogP contribution in [0.4, 0.5) is 0 Å². The summed E-state index contributed by atoms with van der Waals surface area (Å²) < 4.78 is 35.0. The van der Waals surface area contributed by atoms with Gasteiger partial charge in [-0.3, -0.25) is 4.79 Å². The molecule has 0 spiro atoms. The first-order chi connectivity index (χ1) is 31.2. The van der Waals surface area contributed by atoms with Gasteiger partial charge in [-0.2, -0.15) is 0 Å². The maximum Gasteiger partial charge on any atom is 0.335 e. The predicted octanol–water partition coefficient (Wildman–Crippen LogP) is 0.233. The topological polar surface area (TPSA) is 312 Å². The van der Waals surface area contributed by atoms with Gasteiger partial charge < -0.3 is 84.6 Å². The molecule has 382 valence electrons. The molecule has 0 aromatic carbocycles. The standard InChI is InChI=1S/C48H76O19/c1-43(2)14-16-48(42(61)67-40-34(57)31(54)29(52)24(20-50)63-40)17-15-46(6)21(22(48)18-43)8-9-26-45(5)12-11-27(44(3,4)25(45)10-13-47(26,46)7)64-41-35(58)32(55)36(37(66-41)38(59)60)65-39-33(56)30(53)28(51)23(19-49)62-39/h8,22-37,39-41,49-58H,9-20H2,1-7H3,(H,59,60)/t22?,23?,24-,25?,26?,27+,28?,29-,30?,31+,32?,33?,34-,35?,36?,37?,39?,40+,41?,45+,46-,47-,48+/m1/s1. The molecule has 67 heavy (non-hydrogen) atoms. The lowest BCUT2D eigenvalue weighted by atomic mass is 9.33. The third kappa shape index (κ3) is 8.06. The number of carbonyl (C=O) groups excluding carboxylic acids is 1. The summed E-state index contributed by atoms with van der Waals surface area (Å²) in [6, 6.07) is 0. The maximum absolute atomic E-state index is 14.7. The first kappa shape index (κ1) is 51.4. The summed E-state index contributed by atoms with van der Waals surface area (Å²) in [7, 11) is 0. The van der Waals surface area contributed by atoms with Crippen molar-refractivity contribution in [2.75, 3.05) is 13.2 Å². The minimum atomic E-state index is -1.91. The van der Waals surface area contributed by atoms with Crippen molar-refractivity contribution in [2.45, 2.75) is 211 Å². The van der Waals surface area contributed by atoms with Crippen LogP contribution in [-0.2, 0) is 38.0 Å². The van der Waals surface area contributed by atoms with Crippen molar-refractivity contribution in [3.63, 3.8) is 0 Å². The molecule has 0 aromatic heterocycles. The molecule has 0 bridgehead atoms. The first-order valence-corrected chi connectivity index (χ1v) is 24.3. The van der Waals surface area contributed by atoms with Crippen molar-refractivity contribution < 1.29 is 94.2 Å². The molecule has 3 heterocycles. The number of carboxylic acids is 1. The van der Waals surface area contributed by atoms with Crippen molar-refractivity contribution in [3.8, 4) is 0 Å². The fourth-order valence-electron chi connectivity index (χ4n) is 15.0. The molecule has 8 rings (SSSR count). The predicted molar refractivity (Wildman–Crippen MR) is 231 cm³/mol. The number of hydrogen-bond donors (Lipinski definition) is 11. The van der Waals surface area contributed by atoms with Gasteiger partial charge in [-0.05, 0) is 109 Å². The zero-order valence-electron chi connectivity index (χ0n) is 39.7. The summed E-state index contributed by atoms with van der Waals surface area (Å²) in [4.78, 5) is 27.3. The number of esters is 1. The number of aliphatic carboxylic acids is 1. The maximum atomic E-state index is 14.7. The van der Waals surface area contributed by atoms with Gasteiger partial charge in [0.1, 0.15) is 67.1 Å². The van der Waals surface area contributed by atoms with E-state index in [0.29, 0.717) is 25.7 Å². The van der Waals surface area contributed by atoms with Crippen LogP contribution in [0.3, 0.4) is 0 Å². The summed E-state index contributed by atoms with van der Waals surface area (Å²) in [5.74, 6) is -1.88. The highest BCUT2D eigenvalue weighted by molar-refractivity contribution is 5.79. The summed E-state index contributed by atoms with van der Waals surface area (Å²) in [5, 5.41) is 115. The highest BCUT2D eigenvalue weighted by Crippen LogP contribution is 2.76. The minimum Gasteiger partial charge on any atom is -0.479 e. The van der Waals surface area contributed by atoms with Crippen LogP contribution in [0.1, 0.15) is 113 Å². The van der Waals surface area contributed by atoms with E-state index in [0.717, 1.165) is 38.5 Å². The molecule has 3 saturated heterocycles.